The molecule has 0 radical (unpaired) electrons. The molecule has 18 heteroatoms. The number of H-pyrrole nitrogens is 2. The molecule has 6 rings (SSSR count). The van der Waals surface area contributed by atoms with Crippen LogP contribution < -0.4 is 33.8 Å². The monoisotopic (exact) mass is 893 g/mol. The Labute approximate surface area is 323 Å². The van der Waals surface area contributed by atoms with Crippen LogP contribution in [-0.4, -0.2) is 84.5 Å². The summed E-state index contributed by atoms with van der Waals surface area (Å²) in [6.07, 6.45) is 0.741. The summed E-state index contributed by atoms with van der Waals surface area (Å²) in [6.45, 7) is 1.67. The van der Waals surface area contributed by atoms with Gasteiger partial charge in [-0.05, 0) is 85.6 Å². The molecule has 1 atom stereocenters. The van der Waals surface area contributed by atoms with Crippen molar-refractivity contribution in [2.45, 2.75) is 34.8 Å². The summed E-state index contributed by atoms with van der Waals surface area (Å²) in [5, 5.41) is 14.0. The second-order valence-electron chi connectivity index (χ2n) is 12.2. The van der Waals surface area contributed by atoms with Gasteiger partial charge in [0.2, 0.25) is 0 Å². The van der Waals surface area contributed by atoms with Crippen LogP contribution in [0.25, 0.3) is 11.0 Å². The van der Waals surface area contributed by atoms with Gasteiger partial charge < -0.3 is 39.5 Å². The molecule has 1 aliphatic rings. The molecule has 14 nitrogen and oxygen atoms in total. The Morgan fingerprint density at radius 3 is 2.00 bits per heavy atom. The second kappa shape index (κ2) is 16.1. The Bertz CT molecular complexity index is 2280. The van der Waals surface area contributed by atoms with Gasteiger partial charge in [-0.2, -0.15) is 20.5 Å². The second-order valence-corrected chi connectivity index (χ2v) is 17.8. The highest BCUT2D eigenvalue weighted by Crippen LogP contribution is 2.39. The molecule has 1 aromatic heterocycles. The quantitative estimate of drug-likeness (QED) is 0.118. The van der Waals surface area contributed by atoms with Crippen molar-refractivity contribution in [2.75, 3.05) is 49.1 Å². The molecule has 1 aliphatic heterocycles. The standard InChI is InChI=1S/C35H37Br2N5O9S2/c1-49-29-12-6-22(36)18-32(29)52(45,46)42(53(47,48)33-19-23(37)7-13-30(33)50-2)26-10-8-25(9-11-26)41-16-14-24(15-17-41)38-20-27(43)21-51-31-5-3-4-28-34(31)40-35(44)39-28/h3-13,18-19,24,27,38,43H,14-17,20-21H2,1-2H3,(H2,39,40,44)/t27-/m0/s1. The van der Waals surface area contributed by atoms with E-state index in [2.05, 4.69) is 52.0 Å². The van der Waals surface area contributed by atoms with Crippen molar-refractivity contribution >= 4 is 74.3 Å². The molecule has 2 heterocycles. The lowest BCUT2D eigenvalue weighted by Crippen LogP contribution is -2.45. The smallest absolute Gasteiger partial charge is 0.323 e. The molecule has 5 aromatic rings. The molecular weight excluding hydrogens is 858 g/mol. The zero-order valence-electron chi connectivity index (χ0n) is 28.6. The molecule has 1 fully saturated rings. The minimum Gasteiger partial charge on any atom is -0.495 e. The Hall–Kier alpha value is -4.07. The van der Waals surface area contributed by atoms with E-state index in [0.717, 1.165) is 18.5 Å². The fraction of sp³-hybridized carbons (Fsp3) is 0.286. The number of piperidine rings is 1. The predicted octanol–water partition coefficient (Wildman–Crippen LogP) is 4.98. The molecule has 0 spiro atoms. The molecule has 0 saturated carbocycles. The molecule has 282 valence electrons. The molecule has 4 N–H and O–H groups in total. The molecule has 4 aromatic carbocycles. The highest BCUT2D eigenvalue weighted by Gasteiger charge is 2.40. The summed E-state index contributed by atoms with van der Waals surface area (Å²) >= 11 is 6.59. The number of anilines is 2. The molecule has 0 amide bonds. The Kier molecular flexibility index (Phi) is 11.8. The number of hydrogen-bond acceptors (Lipinski definition) is 11. The van der Waals surface area contributed by atoms with Gasteiger partial charge in [-0.3, -0.25) is 0 Å². The normalized spacial score (nSPS) is 14.6. The van der Waals surface area contributed by atoms with E-state index in [-0.39, 0.29) is 45.3 Å². The van der Waals surface area contributed by atoms with Crippen molar-refractivity contribution in [3.63, 3.8) is 0 Å². The fourth-order valence-corrected chi connectivity index (χ4v) is 11.2. The van der Waals surface area contributed by atoms with E-state index in [0.29, 0.717) is 49.1 Å². The SMILES string of the molecule is COc1ccc(Br)cc1S(=O)(=O)N(c1ccc(N2CCC(NC[C@H](O)COc3cccc4[nH]c(=O)[nH]c34)CC2)cc1)S(=O)(=O)c1cc(Br)ccc1OC. The number of aromatic nitrogens is 2. The summed E-state index contributed by atoms with van der Waals surface area (Å²) in [5.74, 6) is 0.405. The topological polar surface area (TPSA) is 183 Å². The maximum atomic E-state index is 14.4. The predicted molar refractivity (Wildman–Crippen MR) is 208 cm³/mol. The van der Waals surface area contributed by atoms with Crippen LogP contribution in [0.3, 0.4) is 0 Å². The van der Waals surface area contributed by atoms with Crippen LogP contribution in [0.2, 0.25) is 0 Å². The van der Waals surface area contributed by atoms with Crippen LogP contribution in [0.5, 0.6) is 17.2 Å². The van der Waals surface area contributed by atoms with E-state index in [1.165, 1.54) is 50.6 Å². The van der Waals surface area contributed by atoms with Crippen LogP contribution >= 0.6 is 31.9 Å². The number of aliphatic hydroxyl groups excluding tert-OH is 1. The van der Waals surface area contributed by atoms with Gasteiger partial charge in [0, 0.05) is 40.3 Å². The van der Waals surface area contributed by atoms with E-state index in [4.69, 9.17) is 14.2 Å². The summed E-state index contributed by atoms with van der Waals surface area (Å²) in [4.78, 5) is 18.5. The minimum absolute atomic E-state index is 0.0327. The number of methoxy groups -OCH3 is 2. The van der Waals surface area contributed by atoms with Gasteiger partial charge in [-0.15, -0.1) is 0 Å². The number of nitrogens with one attached hydrogen (secondary N) is 3. The van der Waals surface area contributed by atoms with E-state index < -0.39 is 26.2 Å². The van der Waals surface area contributed by atoms with Crippen LogP contribution in [0.1, 0.15) is 12.8 Å². The van der Waals surface area contributed by atoms with Crippen molar-refractivity contribution in [1.82, 2.24) is 15.3 Å². The maximum absolute atomic E-state index is 14.4. The number of fused-ring (bicyclic) bond motifs is 1. The number of benzene rings is 4. The molecule has 1 saturated heterocycles. The number of imidazole rings is 1. The summed E-state index contributed by atoms with van der Waals surface area (Å²) in [5.41, 5.74) is 1.51. The third-order valence-electron chi connectivity index (χ3n) is 8.75. The number of hydrogen-bond donors (Lipinski definition) is 4. The molecule has 0 aliphatic carbocycles. The summed E-state index contributed by atoms with van der Waals surface area (Å²) in [7, 11) is -6.98. The molecule has 0 bridgehead atoms. The van der Waals surface area contributed by atoms with Crippen LogP contribution in [0.15, 0.2) is 102 Å². The first kappa shape index (κ1) is 38.6. The lowest BCUT2D eigenvalue weighted by molar-refractivity contribution is 0.103. The van der Waals surface area contributed by atoms with Gasteiger partial charge in [0.25, 0.3) is 20.0 Å². The number of sulfonamides is 2. The summed E-state index contributed by atoms with van der Waals surface area (Å²) < 4.78 is 75.3. The zero-order chi connectivity index (χ0) is 37.9. The molecular formula is C35H37Br2N5O9S2. The van der Waals surface area contributed by atoms with Crippen LogP contribution in [0, 0.1) is 0 Å². The van der Waals surface area contributed by atoms with Crippen molar-refractivity contribution in [2.24, 2.45) is 0 Å². The van der Waals surface area contributed by atoms with Gasteiger partial charge in [0.15, 0.2) is 0 Å². The number of aliphatic hydroxyl groups is 1. The van der Waals surface area contributed by atoms with Crippen molar-refractivity contribution < 1.29 is 36.2 Å². The number of nitrogens with zero attached hydrogens (tertiary/aromatic N) is 2. The number of para-hydroxylation sites is 1. The number of ether oxygens (including phenoxy) is 3. The Balaban J connectivity index is 1.16. The third-order valence-corrected chi connectivity index (χ3v) is 14.0. The average Bonchev–Trinajstić information content (AvgIpc) is 3.54. The maximum Gasteiger partial charge on any atom is 0.323 e. The van der Waals surface area contributed by atoms with Crippen LogP contribution in [0.4, 0.5) is 11.4 Å². The van der Waals surface area contributed by atoms with Gasteiger partial charge in [0.05, 0.1) is 25.4 Å². The third kappa shape index (κ3) is 8.37. The average molecular weight is 896 g/mol. The van der Waals surface area contributed by atoms with E-state index >= 15 is 0 Å². The van der Waals surface area contributed by atoms with Crippen molar-refractivity contribution in [3.05, 3.63) is 98.3 Å². The molecule has 53 heavy (non-hydrogen) atoms. The number of rotatable bonds is 14. The Morgan fingerprint density at radius 2 is 1.43 bits per heavy atom. The lowest BCUT2D eigenvalue weighted by atomic mass is 10.0. The van der Waals surface area contributed by atoms with Crippen molar-refractivity contribution in [1.29, 1.82) is 0 Å². The zero-order valence-corrected chi connectivity index (χ0v) is 33.4. The number of halogens is 2. The van der Waals surface area contributed by atoms with E-state index in [1.54, 1.807) is 42.5 Å². The summed E-state index contributed by atoms with van der Waals surface area (Å²) in [6, 6.07) is 20.3. The first-order valence-electron chi connectivity index (χ1n) is 16.4. The highest BCUT2D eigenvalue weighted by molar-refractivity contribution is 9.10. The van der Waals surface area contributed by atoms with Gasteiger partial charge >= 0.3 is 5.69 Å². The van der Waals surface area contributed by atoms with Gasteiger partial charge in [-0.1, -0.05) is 37.9 Å². The Morgan fingerprint density at radius 1 is 0.849 bits per heavy atom. The van der Waals surface area contributed by atoms with Crippen LogP contribution in [-0.2, 0) is 20.0 Å². The van der Waals surface area contributed by atoms with Gasteiger partial charge in [0.1, 0.15) is 45.3 Å². The number of aromatic amines is 2. The highest BCUT2D eigenvalue weighted by atomic mass is 79.9. The largest absolute Gasteiger partial charge is 0.495 e. The van der Waals surface area contributed by atoms with Crippen molar-refractivity contribution in [3.8, 4) is 17.2 Å². The van der Waals surface area contributed by atoms with Gasteiger partial charge in [-0.25, -0.2) is 4.79 Å². The first-order valence-corrected chi connectivity index (χ1v) is 20.9. The van der Waals surface area contributed by atoms with E-state index in [1.807, 2.05) is 0 Å². The first-order chi connectivity index (χ1) is 25.3. The molecule has 0 unspecified atom stereocenters. The minimum atomic E-state index is -4.80. The lowest BCUT2D eigenvalue weighted by Gasteiger charge is -2.34. The fourth-order valence-electron chi connectivity index (χ4n) is 6.12. The van der Waals surface area contributed by atoms with E-state index in [9.17, 15) is 26.7 Å².